The molecule has 0 fully saturated rings. The van der Waals surface area contributed by atoms with Crippen LogP contribution in [0.3, 0.4) is 0 Å². The molecule has 0 saturated heterocycles. The van der Waals surface area contributed by atoms with Crippen LogP contribution >= 0.6 is 0 Å². The summed E-state index contributed by atoms with van der Waals surface area (Å²) in [6.45, 7) is 5.16. The number of carbonyl (C=O) groups is 2. The van der Waals surface area contributed by atoms with Crippen LogP contribution in [-0.2, 0) is 4.74 Å². The highest BCUT2D eigenvalue weighted by molar-refractivity contribution is 5.87. The average molecular weight is 227 g/mol. The molecular weight excluding hydrogens is 214 g/mol. The Labute approximate surface area is 92.2 Å². The fourth-order valence-electron chi connectivity index (χ4n) is 0.924. The first-order chi connectivity index (χ1) is 7.28. The van der Waals surface area contributed by atoms with Crippen LogP contribution in [0.4, 0.5) is 10.7 Å². The van der Waals surface area contributed by atoms with Gasteiger partial charge in [0.25, 0.3) is 0 Å². The molecule has 1 aromatic rings. The van der Waals surface area contributed by atoms with Gasteiger partial charge in [0.15, 0.2) is 0 Å². The van der Waals surface area contributed by atoms with Gasteiger partial charge < -0.3 is 14.3 Å². The number of amides is 1. The van der Waals surface area contributed by atoms with Crippen molar-refractivity contribution in [1.82, 2.24) is 0 Å². The number of carbonyl (C=O) groups excluding carboxylic acids is 1. The standard InChI is InChI=1S/C10H13NO5/c1-10(2,3)16-9(14)11-7-5-4-6(15-7)8(12)13/h4-5H,1-3H3,(H,11,14)(H,12,13). The topological polar surface area (TPSA) is 88.8 Å². The van der Waals surface area contributed by atoms with E-state index in [-0.39, 0.29) is 11.6 Å². The average Bonchev–Trinajstić information content (AvgIpc) is 2.48. The summed E-state index contributed by atoms with van der Waals surface area (Å²) in [5.74, 6) is -1.41. The predicted molar refractivity (Wildman–Crippen MR) is 55.5 cm³/mol. The van der Waals surface area contributed by atoms with Crippen molar-refractivity contribution >= 4 is 17.9 Å². The maximum absolute atomic E-state index is 11.3. The zero-order valence-electron chi connectivity index (χ0n) is 9.23. The summed E-state index contributed by atoms with van der Waals surface area (Å²) in [4.78, 5) is 21.8. The summed E-state index contributed by atoms with van der Waals surface area (Å²) in [6, 6.07) is 2.59. The van der Waals surface area contributed by atoms with Crippen LogP contribution in [0.1, 0.15) is 31.3 Å². The minimum atomic E-state index is -1.20. The maximum Gasteiger partial charge on any atom is 0.414 e. The highest BCUT2D eigenvalue weighted by atomic mass is 16.6. The van der Waals surface area contributed by atoms with E-state index in [1.165, 1.54) is 12.1 Å². The summed E-state index contributed by atoms with van der Waals surface area (Å²) in [7, 11) is 0. The third kappa shape index (κ3) is 3.64. The van der Waals surface area contributed by atoms with Crippen molar-refractivity contribution in [3.63, 3.8) is 0 Å². The Bertz CT molecular complexity index is 402. The second-order valence-electron chi connectivity index (χ2n) is 4.10. The number of hydrogen-bond acceptors (Lipinski definition) is 4. The fourth-order valence-corrected chi connectivity index (χ4v) is 0.924. The molecule has 1 heterocycles. The Morgan fingerprint density at radius 3 is 2.44 bits per heavy atom. The first-order valence-corrected chi connectivity index (χ1v) is 4.61. The van der Waals surface area contributed by atoms with Crippen LogP contribution in [0.25, 0.3) is 0 Å². The number of nitrogens with one attached hydrogen (secondary N) is 1. The number of aromatic carboxylic acids is 1. The van der Waals surface area contributed by atoms with Crippen LogP contribution in [-0.4, -0.2) is 22.8 Å². The molecule has 2 N–H and O–H groups in total. The molecule has 0 saturated carbocycles. The lowest BCUT2D eigenvalue weighted by molar-refractivity contribution is 0.0619. The molecule has 0 radical (unpaired) electrons. The predicted octanol–water partition coefficient (Wildman–Crippen LogP) is 2.32. The van der Waals surface area contributed by atoms with Gasteiger partial charge in [-0.2, -0.15) is 0 Å². The summed E-state index contributed by atoms with van der Waals surface area (Å²) >= 11 is 0. The number of anilines is 1. The summed E-state index contributed by atoms with van der Waals surface area (Å²) in [6.07, 6.45) is -0.696. The molecular formula is C10H13NO5. The highest BCUT2D eigenvalue weighted by Gasteiger charge is 2.17. The highest BCUT2D eigenvalue weighted by Crippen LogP contribution is 2.15. The Morgan fingerprint density at radius 1 is 1.38 bits per heavy atom. The van der Waals surface area contributed by atoms with Crippen LogP contribution in [0.5, 0.6) is 0 Å². The molecule has 1 aromatic heterocycles. The van der Waals surface area contributed by atoms with Gasteiger partial charge in [0.1, 0.15) is 5.60 Å². The Morgan fingerprint density at radius 2 is 2.00 bits per heavy atom. The number of carboxylic acid groups (broad SMARTS) is 1. The molecule has 0 spiro atoms. The van der Waals surface area contributed by atoms with Crippen molar-refractivity contribution in [2.75, 3.05) is 5.32 Å². The largest absolute Gasteiger partial charge is 0.475 e. The fraction of sp³-hybridized carbons (Fsp3) is 0.400. The lowest BCUT2D eigenvalue weighted by Gasteiger charge is -2.18. The molecule has 16 heavy (non-hydrogen) atoms. The van der Waals surface area contributed by atoms with E-state index in [2.05, 4.69) is 5.32 Å². The third-order valence-electron chi connectivity index (χ3n) is 1.44. The zero-order valence-corrected chi connectivity index (χ0v) is 9.23. The van der Waals surface area contributed by atoms with Crippen LogP contribution < -0.4 is 5.32 Å². The number of hydrogen-bond donors (Lipinski definition) is 2. The molecule has 0 unspecified atom stereocenters. The van der Waals surface area contributed by atoms with Gasteiger partial charge in [0.05, 0.1) is 0 Å². The summed E-state index contributed by atoms with van der Waals surface area (Å²) in [5, 5.41) is 10.9. The zero-order chi connectivity index (χ0) is 12.3. The van der Waals surface area contributed by atoms with E-state index in [0.717, 1.165) is 0 Å². The van der Waals surface area contributed by atoms with E-state index in [9.17, 15) is 9.59 Å². The third-order valence-corrected chi connectivity index (χ3v) is 1.44. The number of carboxylic acids is 1. The van der Waals surface area contributed by atoms with E-state index < -0.39 is 17.7 Å². The van der Waals surface area contributed by atoms with Crippen molar-refractivity contribution in [2.24, 2.45) is 0 Å². The van der Waals surface area contributed by atoms with E-state index in [1.54, 1.807) is 20.8 Å². The molecule has 1 amide bonds. The van der Waals surface area contributed by atoms with Gasteiger partial charge in [0.2, 0.25) is 11.6 Å². The first-order valence-electron chi connectivity index (χ1n) is 4.61. The molecule has 0 aromatic carbocycles. The lowest BCUT2D eigenvalue weighted by atomic mass is 10.2. The molecule has 1 rings (SSSR count). The van der Waals surface area contributed by atoms with Crippen molar-refractivity contribution in [2.45, 2.75) is 26.4 Å². The minimum Gasteiger partial charge on any atom is -0.475 e. The van der Waals surface area contributed by atoms with Crippen LogP contribution in [0.15, 0.2) is 16.5 Å². The Kier molecular flexibility index (Phi) is 3.22. The smallest absolute Gasteiger partial charge is 0.414 e. The molecule has 0 aliphatic heterocycles. The summed E-state index contributed by atoms with van der Waals surface area (Å²) < 4.78 is 9.77. The molecule has 0 aliphatic carbocycles. The van der Waals surface area contributed by atoms with Gasteiger partial charge >= 0.3 is 12.1 Å². The van der Waals surface area contributed by atoms with Gasteiger partial charge in [-0.05, 0) is 26.8 Å². The van der Waals surface area contributed by atoms with Crippen molar-refractivity contribution in [3.05, 3.63) is 17.9 Å². The van der Waals surface area contributed by atoms with Crippen LogP contribution in [0.2, 0.25) is 0 Å². The van der Waals surface area contributed by atoms with E-state index in [0.29, 0.717) is 0 Å². The first kappa shape index (κ1) is 12.1. The number of ether oxygens (including phenoxy) is 1. The Hall–Kier alpha value is -1.98. The maximum atomic E-state index is 11.3. The van der Waals surface area contributed by atoms with Crippen LogP contribution in [0, 0.1) is 0 Å². The van der Waals surface area contributed by atoms with Crippen molar-refractivity contribution in [3.8, 4) is 0 Å². The molecule has 0 aliphatic rings. The van der Waals surface area contributed by atoms with Gasteiger partial charge in [0, 0.05) is 6.07 Å². The van der Waals surface area contributed by atoms with Gasteiger partial charge in [-0.15, -0.1) is 0 Å². The molecule has 6 heteroatoms. The minimum absolute atomic E-state index is 0.0339. The number of furan rings is 1. The Balaban J connectivity index is 2.60. The monoisotopic (exact) mass is 227 g/mol. The van der Waals surface area contributed by atoms with E-state index >= 15 is 0 Å². The second-order valence-corrected chi connectivity index (χ2v) is 4.10. The SMILES string of the molecule is CC(C)(C)OC(=O)Nc1ccc(C(=O)O)o1. The second kappa shape index (κ2) is 4.26. The summed E-state index contributed by atoms with van der Waals surface area (Å²) in [5.41, 5.74) is -0.619. The van der Waals surface area contributed by atoms with Gasteiger partial charge in [-0.25, -0.2) is 9.59 Å². The van der Waals surface area contributed by atoms with Crippen molar-refractivity contribution < 1.29 is 23.8 Å². The molecule has 0 atom stereocenters. The molecule has 6 nitrogen and oxygen atoms in total. The molecule has 88 valence electrons. The molecule has 0 bridgehead atoms. The number of rotatable bonds is 2. The lowest BCUT2D eigenvalue weighted by Crippen LogP contribution is -2.27. The van der Waals surface area contributed by atoms with E-state index in [1.807, 2.05) is 0 Å². The normalized spacial score (nSPS) is 10.9. The van der Waals surface area contributed by atoms with Crippen molar-refractivity contribution in [1.29, 1.82) is 0 Å². The quantitative estimate of drug-likeness (QED) is 0.809. The van der Waals surface area contributed by atoms with Gasteiger partial charge in [-0.3, -0.25) is 5.32 Å². The van der Waals surface area contributed by atoms with Gasteiger partial charge in [-0.1, -0.05) is 0 Å². The van der Waals surface area contributed by atoms with E-state index in [4.69, 9.17) is 14.3 Å².